The molecule has 2 saturated heterocycles. The van der Waals surface area contributed by atoms with Crippen molar-refractivity contribution in [1.29, 1.82) is 0 Å². The largest absolute Gasteiger partial charge is 0.372 e. The molecule has 0 radical (unpaired) electrons. The molecular weight excluding hydrogens is 316 g/mol. The second kappa shape index (κ2) is 6.49. The van der Waals surface area contributed by atoms with E-state index in [4.69, 9.17) is 16.3 Å². The lowest BCUT2D eigenvalue weighted by atomic mass is 10.1. The topological polar surface area (TPSA) is 49.9 Å². The average Bonchev–Trinajstić information content (AvgIpc) is 2.88. The maximum Gasteiger partial charge on any atom is 0.228 e. The fourth-order valence-electron chi connectivity index (χ4n) is 3.39. The first-order chi connectivity index (χ1) is 11.0. The van der Waals surface area contributed by atoms with Crippen LogP contribution >= 0.6 is 11.6 Å². The lowest BCUT2D eigenvalue weighted by Gasteiger charge is -2.36. The monoisotopic (exact) mass is 336 g/mol. The van der Waals surface area contributed by atoms with Crippen molar-refractivity contribution >= 4 is 29.1 Å². The first kappa shape index (κ1) is 16.3. The summed E-state index contributed by atoms with van der Waals surface area (Å²) in [5.41, 5.74) is 0.679. The summed E-state index contributed by atoms with van der Waals surface area (Å²) in [6.07, 6.45) is 0.295. The van der Waals surface area contributed by atoms with Crippen molar-refractivity contribution in [2.24, 2.45) is 5.92 Å². The van der Waals surface area contributed by atoms with E-state index in [0.29, 0.717) is 30.3 Å². The van der Waals surface area contributed by atoms with E-state index in [0.717, 1.165) is 0 Å². The van der Waals surface area contributed by atoms with Gasteiger partial charge in [-0.05, 0) is 26.0 Å². The highest BCUT2D eigenvalue weighted by molar-refractivity contribution is 6.33. The average molecular weight is 337 g/mol. The molecule has 2 fully saturated rings. The minimum atomic E-state index is -0.309. The molecule has 5 nitrogen and oxygen atoms in total. The number of para-hydroxylation sites is 1. The number of hydrogen-bond donors (Lipinski definition) is 0. The van der Waals surface area contributed by atoms with Gasteiger partial charge in [-0.2, -0.15) is 0 Å². The molecule has 6 heteroatoms. The molecule has 0 N–H and O–H groups in total. The summed E-state index contributed by atoms with van der Waals surface area (Å²) < 4.78 is 5.67. The van der Waals surface area contributed by atoms with Gasteiger partial charge < -0.3 is 14.5 Å². The van der Waals surface area contributed by atoms with Crippen LogP contribution in [-0.2, 0) is 14.3 Å². The van der Waals surface area contributed by atoms with E-state index in [1.54, 1.807) is 11.0 Å². The second-order valence-electron chi connectivity index (χ2n) is 6.36. The maximum absolute atomic E-state index is 12.8. The van der Waals surface area contributed by atoms with Gasteiger partial charge in [-0.1, -0.05) is 23.7 Å². The van der Waals surface area contributed by atoms with Gasteiger partial charge in [0.15, 0.2) is 0 Å². The molecule has 1 aromatic rings. The van der Waals surface area contributed by atoms with Crippen LogP contribution in [0.3, 0.4) is 0 Å². The molecule has 0 bridgehead atoms. The van der Waals surface area contributed by atoms with E-state index < -0.39 is 0 Å². The number of carbonyl (C=O) groups is 2. The highest BCUT2D eigenvalue weighted by Gasteiger charge is 2.39. The standard InChI is InChI=1S/C17H21ClN2O3/c1-11-8-19(9-12(2)23-11)17(22)13-7-16(21)20(10-13)15-6-4-3-5-14(15)18/h3-6,11-13H,7-10H2,1-2H3. The molecule has 3 rings (SSSR count). The third kappa shape index (κ3) is 3.35. The first-order valence-electron chi connectivity index (χ1n) is 7.95. The number of ether oxygens (including phenoxy) is 1. The lowest BCUT2D eigenvalue weighted by molar-refractivity contribution is -0.147. The molecule has 23 heavy (non-hydrogen) atoms. The predicted molar refractivity (Wildman–Crippen MR) is 88.5 cm³/mol. The Kier molecular flexibility index (Phi) is 4.60. The molecule has 0 saturated carbocycles. The van der Waals surface area contributed by atoms with E-state index >= 15 is 0 Å². The van der Waals surface area contributed by atoms with Gasteiger partial charge in [0.05, 0.1) is 28.8 Å². The summed E-state index contributed by atoms with van der Waals surface area (Å²) in [5.74, 6) is -0.322. The Bertz CT molecular complexity index is 612. The Morgan fingerprint density at radius 3 is 2.48 bits per heavy atom. The minimum Gasteiger partial charge on any atom is -0.372 e. The maximum atomic E-state index is 12.8. The summed E-state index contributed by atoms with van der Waals surface area (Å²) in [6.45, 7) is 5.49. The molecule has 3 atom stereocenters. The van der Waals surface area contributed by atoms with Crippen LogP contribution in [0, 0.1) is 5.92 Å². The van der Waals surface area contributed by atoms with Crippen molar-refractivity contribution in [1.82, 2.24) is 4.90 Å². The van der Waals surface area contributed by atoms with Crippen molar-refractivity contribution < 1.29 is 14.3 Å². The van der Waals surface area contributed by atoms with Crippen LogP contribution in [0.1, 0.15) is 20.3 Å². The van der Waals surface area contributed by atoms with Crippen molar-refractivity contribution in [3.05, 3.63) is 29.3 Å². The predicted octanol–water partition coefficient (Wildman–Crippen LogP) is 2.33. The second-order valence-corrected chi connectivity index (χ2v) is 6.76. The number of halogens is 1. The molecule has 0 aliphatic carbocycles. The number of anilines is 1. The van der Waals surface area contributed by atoms with E-state index in [2.05, 4.69) is 0 Å². The number of rotatable bonds is 2. The molecule has 124 valence electrons. The SMILES string of the molecule is CC1CN(C(=O)C2CC(=O)N(c3ccccc3Cl)C2)CC(C)O1. The lowest BCUT2D eigenvalue weighted by Crippen LogP contribution is -2.50. The number of morpholine rings is 1. The number of hydrogen-bond acceptors (Lipinski definition) is 3. The van der Waals surface area contributed by atoms with Crippen LogP contribution in [0.5, 0.6) is 0 Å². The van der Waals surface area contributed by atoms with E-state index in [-0.39, 0.29) is 36.4 Å². The van der Waals surface area contributed by atoms with Gasteiger partial charge in [0.25, 0.3) is 0 Å². The summed E-state index contributed by atoms with van der Waals surface area (Å²) in [4.78, 5) is 28.5. The van der Waals surface area contributed by atoms with Crippen LogP contribution < -0.4 is 4.90 Å². The van der Waals surface area contributed by atoms with E-state index in [1.807, 2.05) is 36.9 Å². The third-order valence-electron chi connectivity index (χ3n) is 4.35. The van der Waals surface area contributed by atoms with Crippen LogP contribution in [0.4, 0.5) is 5.69 Å². The van der Waals surface area contributed by atoms with E-state index in [1.165, 1.54) is 0 Å². The van der Waals surface area contributed by atoms with Gasteiger partial charge in [-0.15, -0.1) is 0 Å². The van der Waals surface area contributed by atoms with Gasteiger partial charge in [-0.3, -0.25) is 9.59 Å². The van der Waals surface area contributed by atoms with Crippen LogP contribution in [0.15, 0.2) is 24.3 Å². The van der Waals surface area contributed by atoms with Gasteiger partial charge >= 0.3 is 0 Å². The van der Waals surface area contributed by atoms with Crippen LogP contribution in [-0.4, -0.2) is 48.6 Å². The van der Waals surface area contributed by atoms with E-state index in [9.17, 15) is 9.59 Å². The Morgan fingerprint density at radius 1 is 1.17 bits per heavy atom. The molecule has 2 heterocycles. The molecule has 3 unspecified atom stereocenters. The zero-order valence-electron chi connectivity index (χ0n) is 13.4. The van der Waals surface area contributed by atoms with Crippen molar-refractivity contribution in [3.63, 3.8) is 0 Å². The number of benzene rings is 1. The zero-order valence-corrected chi connectivity index (χ0v) is 14.1. The summed E-state index contributed by atoms with van der Waals surface area (Å²) in [6, 6.07) is 7.23. The minimum absolute atomic E-state index is 0.0273. The summed E-state index contributed by atoms with van der Waals surface area (Å²) in [5, 5.41) is 0.530. The smallest absolute Gasteiger partial charge is 0.228 e. The highest BCUT2D eigenvalue weighted by Crippen LogP contribution is 2.32. The molecule has 2 aliphatic rings. The third-order valence-corrected chi connectivity index (χ3v) is 4.67. The fourth-order valence-corrected chi connectivity index (χ4v) is 3.63. The number of carbonyl (C=O) groups excluding carboxylic acids is 2. The number of nitrogens with zero attached hydrogens (tertiary/aromatic N) is 2. The Labute approximate surface area is 141 Å². The van der Waals surface area contributed by atoms with Crippen LogP contribution in [0.2, 0.25) is 5.02 Å². The molecule has 2 aliphatic heterocycles. The number of amides is 2. The molecule has 1 aromatic carbocycles. The van der Waals surface area contributed by atoms with Crippen molar-refractivity contribution in [3.8, 4) is 0 Å². The summed E-state index contributed by atoms with van der Waals surface area (Å²) in [7, 11) is 0. The fraction of sp³-hybridized carbons (Fsp3) is 0.529. The highest BCUT2D eigenvalue weighted by atomic mass is 35.5. The Morgan fingerprint density at radius 2 is 1.83 bits per heavy atom. The van der Waals surface area contributed by atoms with Gasteiger partial charge in [0.2, 0.25) is 11.8 Å². The molecular formula is C17H21ClN2O3. The molecule has 0 spiro atoms. The Hall–Kier alpha value is -1.59. The van der Waals surface area contributed by atoms with Gasteiger partial charge in [0, 0.05) is 26.1 Å². The molecule has 0 aromatic heterocycles. The zero-order chi connectivity index (χ0) is 16.6. The van der Waals surface area contributed by atoms with Crippen LogP contribution in [0.25, 0.3) is 0 Å². The Balaban J connectivity index is 1.72. The quantitative estimate of drug-likeness (QED) is 0.833. The van der Waals surface area contributed by atoms with Gasteiger partial charge in [-0.25, -0.2) is 0 Å². The molecule has 2 amide bonds. The first-order valence-corrected chi connectivity index (χ1v) is 8.32. The normalized spacial score (nSPS) is 28.3. The van der Waals surface area contributed by atoms with Crippen molar-refractivity contribution in [2.45, 2.75) is 32.5 Å². The van der Waals surface area contributed by atoms with Crippen molar-refractivity contribution in [2.75, 3.05) is 24.5 Å². The summed E-state index contributed by atoms with van der Waals surface area (Å²) >= 11 is 6.18. The van der Waals surface area contributed by atoms with Gasteiger partial charge in [0.1, 0.15) is 0 Å².